The summed E-state index contributed by atoms with van der Waals surface area (Å²) in [5.41, 5.74) is 5.03. The van der Waals surface area contributed by atoms with Crippen molar-refractivity contribution in [2.45, 2.75) is 6.42 Å². The third kappa shape index (κ3) is 2.55. The average Bonchev–Trinajstić information content (AvgIpc) is 2.96. The van der Waals surface area contributed by atoms with E-state index in [1.165, 1.54) is 0 Å². The minimum absolute atomic E-state index is 0.898. The molecule has 0 aliphatic carbocycles. The first-order valence-electron chi connectivity index (χ1n) is 8.12. The maximum atomic E-state index is 4.82. The Balaban J connectivity index is 1.86. The number of anilines is 1. The predicted molar refractivity (Wildman–Crippen MR) is 98.4 cm³/mol. The SMILES string of the molecule is CN(C)CCCNc1c2cnccc2nc2c1[nH]c1ccncc12. The Kier molecular flexibility index (Phi) is 3.74. The summed E-state index contributed by atoms with van der Waals surface area (Å²) in [5.74, 6) is 0. The van der Waals surface area contributed by atoms with E-state index in [1.54, 1.807) is 12.4 Å². The normalized spacial score (nSPS) is 11.8. The zero-order valence-corrected chi connectivity index (χ0v) is 13.9. The number of aromatic amines is 1. The Morgan fingerprint density at radius 3 is 2.71 bits per heavy atom. The van der Waals surface area contributed by atoms with Gasteiger partial charge in [0.25, 0.3) is 0 Å². The van der Waals surface area contributed by atoms with Gasteiger partial charge in [0.05, 0.1) is 22.2 Å². The van der Waals surface area contributed by atoms with E-state index in [2.05, 4.69) is 39.3 Å². The van der Waals surface area contributed by atoms with Gasteiger partial charge in [-0.3, -0.25) is 9.97 Å². The van der Waals surface area contributed by atoms with E-state index in [4.69, 9.17) is 4.98 Å². The van der Waals surface area contributed by atoms with E-state index in [0.29, 0.717) is 0 Å². The molecule has 0 fully saturated rings. The van der Waals surface area contributed by atoms with Crippen LogP contribution in [0.25, 0.3) is 32.8 Å². The minimum Gasteiger partial charge on any atom is -0.383 e. The lowest BCUT2D eigenvalue weighted by atomic mass is 10.2. The molecule has 0 radical (unpaired) electrons. The number of fused-ring (bicyclic) bond motifs is 4. The molecule has 4 aromatic rings. The highest BCUT2D eigenvalue weighted by molar-refractivity contribution is 6.15. The molecule has 6 heteroatoms. The van der Waals surface area contributed by atoms with Crippen molar-refractivity contribution in [2.75, 3.05) is 32.5 Å². The van der Waals surface area contributed by atoms with E-state index in [1.807, 2.05) is 24.5 Å². The molecule has 24 heavy (non-hydrogen) atoms. The summed E-state index contributed by atoms with van der Waals surface area (Å²) < 4.78 is 0. The van der Waals surface area contributed by atoms with Gasteiger partial charge in [0.1, 0.15) is 5.52 Å². The summed E-state index contributed by atoms with van der Waals surface area (Å²) in [7, 11) is 4.18. The van der Waals surface area contributed by atoms with Crippen molar-refractivity contribution in [2.24, 2.45) is 0 Å². The van der Waals surface area contributed by atoms with Crippen molar-refractivity contribution in [3.63, 3.8) is 0 Å². The standard InChI is InChI=1S/C18H20N6/c1-24(2)9-3-6-21-16-12-10-19-7-4-14(12)22-17-13-11-20-8-5-15(13)23-18(16)17/h4-5,7-8,10-11,23H,3,6,9H2,1-2H3,(H,21,22). The van der Waals surface area contributed by atoms with E-state index in [-0.39, 0.29) is 0 Å². The van der Waals surface area contributed by atoms with Crippen LogP contribution in [0.4, 0.5) is 5.69 Å². The fraction of sp³-hybridized carbons (Fsp3) is 0.278. The van der Waals surface area contributed by atoms with Crippen LogP contribution in [0.3, 0.4) is 0 Å². The van der Waals surface area contributed by atoms with Gasteiger partial charge in [0, 0.05) is 42.1 Å². The van der Waals surface area contributed by atoms with Gasteiger partial charge in [-0.15, -0.1) is 0 Å². The maximum absolute atomic E-state index is 4.82. The van der Waals surface area contributed by atoms with E-state index < -0.39 is 0 Å². The number of hydrogen-bond donors (Lipinski definition) is 2. The Labute approximate surface area is 139 Å². The molecule has 0 aliphatic rings. The second-order valence-electron chi connectivity index (χ2n) is 6.23. The highest BCUT2D eigenvalue weighted by Gasteiger charge is 2.14. The highest BCUT2D eigenvalue weighted by atomic mass is 15.1. The Hall–Kier alpha value is -2.73. The lowest BCUT2D eigenvalue weighted by Gasteiger charge is -2.13. The zero-order valence-electron chi connectivity index (χ0n) is 13.9. The smallest absolute Gasteiger partial charge is 0.100 e. The number of pyridine rings is 3. The molecule has 4 rings (SSSR count). The highest BCUT2D eigenvalue weighted by Crippen LogP contribution is 2.33. The maximum Gasteiger partial charge on any atom is 0.100 e. The summed E-state index contributed by atoms with van der Waals surface area (Å²) in [6, 6.07) is 3.94. The molecule has 4 heterocycles. The van der Waals surface area contributed by atoms with Crippen LogP contribution in [0, 0.1) is 0 Å². The Bertz CT molecular complexity index is 1000. The molecule has 0 amide bonds. The number of rotatable bonds is 5. The molecule has 0 bridgehead atoms. The third-order valence-corrected chi connectivity index (χ3v) is 4.21. The number of H-pyrrole nitrogens is 1. The van der Waals surface area contributed by atoms with Gasteiger partial charge in [-0.25, -0.2) is 4.98 Å². The van der Waals surface area contributed by atoms with Crippen LogP contribution in [0.1, 0.15) is 6.42 Å². The van der Waals surface area contributed by atoms with Crippen LogP contribution in [-0.4, -0.2) is 52.0 Å². The van der Waals surface area contributed by atoms with Crippen molar-refractivity contribution in [1.29, 1.82) is 0 Å². The van der Waals surface area contributed by atoms with Gasteiger partial charge in [-0.2, -0.15) is 0 Å². The quantitative estimate of drug-likeness (QED) is 0.553. The van der Waals surface area contributed by atoms with Gasteiger partial charge < -0.3 is 15.2 Å². The van der Waals surface area contributed by atoms with Crippen molar-refractivity contribution in [3.05, 3.63) is 36.9 Å². The largest absolute Gasteiger partial charge is 0.383 e. The Morgan fingerprint density at radius 2 is 1.88 bits per heavy atom. The predicted octanol–water partition coefficient (Wildman–Crippen LogP) is 3.02. The summed E-state index contributed by atoms with van der Waals surface area (Å²) in [5, 5.41) is 5.67. The minimum atomic E-state index is 0.898. The van der Waals surface area contributed by atoms with Crippen molar-refractivity contribution in [1.82, 2.24) is 24.8 Å². The van der Waals surface area contributed by atoms with E-state index in [9.17, 15) is 0 Å². The molecular weight excluding hydrogens is 300 g/mol. The van der Waals surface area contributed by atoms with Crippen LogP contribution in [0.5, 0.6) is 0 Å². The van der Waals surface area contributed by atoms with Crippen LogP contribution in [0.2, 0.25) is 0 Å². The van der Waals surface area contributed by atoms with Crippen molar-refractivity contribution < 1.29 is 0 Å². The molecule has 0 aliphatic heterocycles. The molecular formula is C18H20N6. The van der Waals surface area contributed by atoms with Gasteiger partial charge in [0.15, 0.2) is 0 Å². The number of aromatic nitrogens is 4. The molecule has 0 aromatic carbocycles. The van der Waals surface area contributed by atoms with Crippen molar-refractivity contribution >= 4 is 38.5 Å². The topological polar surface area (TPSA) is 69.7 Å². The molecule has 0 atom stereocenters. The van der Waals surface area contributed by atoms with Crippen LogP contribution >= 0.6 is 0 Å². The fourth-order valence-corrected chi connectivity index (χ4v) is 3.04. The van der Waals surface area contributed by atoms with Crippen LogP contribution in [-0.2, 0) is 0 Å². The monoisotopic (exact) mass is 320 g/mol. The summed E-state index contributed by atoms with van der Waals surface area (Å²) in [6.07, 6.45) is 8.39. The first-order chi connectivity index (χ1) is 11.7. The van der Waals surface area contributed by atoms with E-state index >= 15 is 0 Å². The molecule has 0 saturated heterocycles. The molecule has 122 valence electrons. The van der Waals surface area contributed by atoms with Crippen LogP contribution in [0.15, 0.2) is 36.9 Å². The summed E-state index contributed by atoms with van der Waals surface area (Å²) in [4.78, 5) is 19.0. The van der Waals surface area contributed by atoms with Gasteiger partial charge in [-0.1, -0.05) is 0 Å². The lowest BCUT2D eigenvalue weighted by Crippen LogP contribution is -2.16. The lowest BCUT2D eigenvalue weighted by molar-refractivity contribution is 0.405. The van der Waals surface area contributed by atoms with E-state index in [0.717, 1.165) is 58.0 Å². The Morgan fingerprint density at radius 1 is 1.08 bits per heavy atom. The number of nitrogens with one attached hydrogen (secondary N) is 2. The van der Waals surface area contributed by atoms with Gasteiger partial charge in [0.2, 0.25) is 0 Å². The first kappa shape index (κ1) is 14.8. The summed E-state index contributed by atoms with van der Waals surface area (Å²) in [6.45, 7) is 1.95. The molecule has 0 unspecified atom stereocenters. The number of hydrogen-bond acceptors (Lipinski definition) is 5. The van der Waals surface area contributed by atoms with Crippen molar-refractivity contribution in [3.8, 4) is 0 Å². The first-order valence-corrected chi connectivity index (χ1v) is 8.12. The fourth-order valence-electron chi connectivity index (χ4n) is 3.04. The zero-order chi connectivity index (χ0) is 16.5. The second-order valence-corrected chi connectivity index (χ2v) is 6.23. The molecule has 0 spiro atoms. The molecule has 2 N–H and O–H groups in total. The van der Waals surface area contributed by atoms with Gasteiger partial charge >= 0.3 is 0 Å². The molecule has 6 nitrogen and oxygen atoms in total. The summed E-state index contributed by atoms with van der Waals surface area (Å²) >= 11 is 0. The number of nitrogens with zero attached hydrogens (tertiary/aromatic N) is 4. The average molecular weight is 320 g/mol. The molecule has 4 aromatic heterocycles. The van der Waals surface area contributed by atoms with Crippen LogP contribution < -0.4 is 5.32 Å². The van der Waals surface area contributed by atoms with Gasteiger partial charge in [-0.05, 0) is 39.2 Å². The third-order valence-electron chi connectivity index (χ3n) is 4.21. The second kappa shape index (κ2) is 6.05. The molecule has 0 saturated carbocycles.